The van der Waals surface area contributed by atoms with Gasteiger partial charge in [0.05, 0.1) is 7.11 Å². The summed E-state index contributed by atoms with van der Waals surface area (Å²) in [6.07, 6.45) is 2.76. The first-order valence-electron chi connectivity index (χ1n) is 7.05. The van der Waals surface area contributed by atoms with Crippen molar-refractivity contribution in [3.63, 3.8) is 0 Å². The van der Waals surface area contributed by atoms with Crippen LogP contribution in [0.25, 0.3) is 10.8 Å². The topological polar surface area (TPSA) is 60.2 Å². The first-order chi connectivity index (χ1) is 9.65. The third-order valence-electron chi connectivity index (χ3n) is 3.58. The third kappa shape index (κ3) is 3.20. The molecule has 0 aliphatic rings. The smallest absolute Gasteiger partial charge is 0.134 e. The van der Waals surface area contributed by atoms with Crippen molar-refractivity contribution in [3.05, 3.63) is 30.5 Å². The Bertz CT molecular complexity index is 569. The number of hydrogen-bond acceptors (Lipinski definition) is 4. The van der Waals surface area contributed by atoms with Crippen LogP contribution in [-0.4, -0.2) is 24.7 Å². The molecule has 2 rings (SSSR count). The van der Waals surface area contributed by atoms with Crippen LogP contribution in [0.15, 0.2) is 30.5 Å². The average Bonchev–Trinajstić information content (AvgIpc) is 2.46. The molecule has 0 aliphatic carbocycles. The first kappa shape index (κ1) is 14.6. The molecule has 0 bridgehead atoms. The first-order valence-corrected chi connectivity index (χ1v) is 7.05. The SMILES string of the molecule is COc1ccc2c(NC(CCN)C(C)C)nccc2c1. The molecule has 0 amide bonds. The molecule has 2 aromatic rings. The number of benzene rings is 1. The zero-order valence-electron chi connectivity index (χ0n) is 12.4. The Labute approximate surface area is 120 Å². The second kappa shape index (κ2) is 6.57. The van der Waals surface area contributed by atoms with Crippen molar-refractivity contribution < 1.29 is 4.74 Å². The predicted octanol–water partition coefficient (Wildman–Crippen LogP) is 3.03. The van der Waals surface area contributed by atoms with E-state index >= 15 is 0 Å². The molecular weight excluding hydrogens is 250 g/mol. The number of hydrogen-bond donors (Lipinski definition) is 2. The number of aromatic nitrogens is 1. The van der Waals surface area contributed by atoms with E-state index in [1.54, 1.807) is 7.11 Å². The van der Waals surface area contributed by atoms with Gasteiger partial charge in [0.25, 0.3) is 0 Å². The van der Waals surface area contributed by atoms with Crippen LogP contribution in [0.3, 0.4) is 0 Å². The fourth-order valence-electron chi connectivity index (χ4n) is 2.33. The summed E-state index contributed by atoms with van der Waals surface area (Å²) >= 11 is 0. The third-order valence-corrected chi connectivity index (χ3v) is 3.58. The highest BCUT2D eigenvalue weighted by Crippen LogP contribution is 2.26. The molecule has 4 heteroatoms. The van der Waals surface area contributed by atoms with E-state index in [2.05, 4.69) is 24.1 Å². The fraction of sp³-hybridized carbons (Fsp3) is 0.438. The largest absolute Gasteiger partial charge is 0.497 e. The molecule has 1 atom stereocenters. The maximum atomic E-state index is 5.69. The van der Waals surface area contributed by atoms with Crippen molar-refractivity contribution in [2.75, 3.05) is 19.0 Å². The highest BCUT2D eigenvalue weighted by atomic mass is 16.5. The van der Waals surface area contributed by atoms with Crippen LogP contribution in [0.2, 0.25) is 0 Å². The van der Waals surface area contributed by atoms with Crippen molar-refractivity contribution in [3.8, 4) is 5.75 Å². The van der Waals surface area contributed by atoms with Gasteiger partial charge in [0.15, 0.2) is 0 Å². The minimum atomic E-state index is 0.334. The van der Waals surface area contributed by atoms with Crippen LogP contribution in [0, 0.1) is 5.92 Å². The summed E-state index contributed by atoms with van der Waals surface area (Å²) in [5.41, 5.74) is 5.69. The molecule has 1 heterocycles. The Kier molecular flexibility index (Phi) is 4.79. The summed E-state index contributed by atoms with van der Waals surface area (Å²) in [5, 5.41) is 5.76. The van der Waals surface area contributed by atoms with Crippen molar-refractivity contribution in [2.24, 2.45) is 11.7 Å². The summed E-state index contributed by atoms with van der Waals surface area (Å²) in [6, 6.07) is 8.36. The van der Waals surface area contributed by atoms with E-state index in [0.717, 1.165) is 28.8 Å². The summed E-state index contributed by atoms with van der Waals surface area (Å²) in [5.74, 6) is 2.28. The summed E-state index contributed by atoms with van der Waals surface area (Å²) < 4.78 is 5.26. The molecule has 1 aromatic carbocycles. The molecule has 0 fully saturated rings. The number of pyridine rings is 1. The Morgan fingerprint density at radius 1 is 1.30 bits per heavy atom. The number of nitrogens with two attached hydrogens (primary N) is 1. The quantitative estimate of drug-likeness (QED) is 0.849. The Morgan fingerprint density at radius 3 is 2.75 bits per heavy atom. The second-order valence-corrected chi connectivity index (χ2v) is 5.32. The fourth-order valence-corrected chi connectivity index (χ4v) is 2.33. The van der Waals surface area contributed by atoms with Gasteiger partial charge in [0.1, 0.15) is 11.6 Å². The van der Waals surface area contributed by atoms with Gasteiger partial charge in [-0.3, -0.25) is 0 Å². The normalized spacial score (nSPS) is 12.7. The van der Waals surface area contributed by atoms with E-state index in [4.69, 9.17) is 10.5 Å². The molecule has 108 valence electrons. The van der Waals surface area contributed by atoms with Crippen LogP contribution < -0.4 is 15.8 Å². The van der Waals surface area contributed by atoms with Gasteiger partial charge in [0, 0.05) is 17.6 Å². The average molecular weight is 273 g/mol. The molecule has 1 aromatic heterocycles. The van der Waals surface area contributed by atoms with Gasteiger partial charge in [0.2, 0.25) is 0 Å². The van der Waals surface area contributed by atoms with Gasteiger partial charge >= 0.3 is 0 Å². The van der Waals surface area contributed by atoms with Gasteiger partial charge < -0.3 is 15.8 Å². The molecular formula is C16H23N3O. The minimum absolute atomic E-state index is 0.334. The minimum Gasteiger partial charge on any atom is -0.497 e. The van der Waals surface area contributed by atoms with E-state index in [1.165, 1.54) is 0 Å². The molecule has 20 heavy (non-hydrogen) atoms. The lowest BCUT2D eigenvalue weighted by molar-refractivity contribution is 0.415. The number of nitrogens with one attached hydrogen (secondary N) is 1. The zero-order valence-corrected chi connectivity index (χ0v) is 12.4. The monoisotopic (exact) mass is 273 g/mol. The number of rotatable bonds is 6. The maximum absolute atomic E-state index is 5.69. The molecule has 0 saturated heterocycles. The zero-order chi connectivity index (χ0) is 14.5. The van der Waals surface area contributed by atoms with Gasteiger partial charge in [-0.1, -0.05) is 13.8 Å². The van der Waals surface area contributed by atoms with Gasteiger partial charge in [-0.2, -0.15) is 0 Å². The Hall–Kier alpha value is -1.81. The lowest BCUT2D eigenvalue weighted by atomic mass is 10.0. The standard InChI is InChI=1S/C16H23N3O/c1-11(2)15(6-8-17)19-16-14-5-4-13(20-3)10-12(14)7-9-18-16/h4-5,7,9-11,15H,6,8,17H2,1-3H3,(H,18,19). The summed E-state index contributed by atoms with van der Waals surface area (Å²) in [7, 11) is 1.68. The number of anilines is 1. The highest BCUT2D eigenvalue weighted by molar-refractivity contribution is 5.92. The predicted molar refractivity (Wildman–Crippen MR) is 84.2 cm³/mol. The maximum Gasteiger partial charge on any atom is 0.134 e. The van der Waals surface area contributed by atoms with Gasteiger partial charge in [-0.15, -0.1) is 0 Å². The van der Waals surface area contributed by atoms with Gasteiger partial charge in [-0.05, 0) is 48.5 Å². The lowest BCUT2D eigenvalue weighted by Crippen LogP contribution is -2.28. The van der Waals surface area contributed by atoms with Gasteiger partial charge in [-0.25, -0.2) is 4.98 Å². The Morgan fingerprint density at radius 2 is 2.10 bits per heavy atom. The van der Waals surface area contributed by atoms with E-state index in [0.29, 0.717) is 18.5 Å². The van der Waals surface area contributed by atoms with Crippen LogP contribution >= 0.6 is 0 Å². The number of fused-ring (bicyclic) bond motifs is 1. The number of methoxy groups -OCH3 is 1. The summed E-state index contributed by atoms with van der Waals surface area (Å²) in [6.45, 7) is 5.07. The van der Waals surface area contributed by atoms with E-state index < -0.39 is 0 Å². The Balaban J connectivity index is 2.34. The van der Waals surface area contributed by atoms with E-state index in [-0.39, 0.29) is 0 Å². The molecule has 0 radical (unpaired) electrons. The summed E-state index contributed by atoms with van der Waals surface area (Å²) in [4.78, 5) is 4.47. The number of nitrogens with zero attached hydrogens (tertiary/aromatic N) is 1. The molecule has 0 spiro atoms. The van der Waals surface area contributed by atoms with Crippen molar-refractivity contribution >= 4 is 16.6 Å². The molecule has 3 N–H and O–H groups in total. The van der Waals surface area contributed by atoms with Crippen molar-refractivity contribution in [1.82, 2.24) is 4.98 Å². The van der Waals surface area contributed by atoms with Crippen molar-refractivity contribution in [2.45, 2.75) is 26.3 Å². The second-order valence-electron chi connectivity index (χ2n) is 5.32. The van der Waals surface area contributed by atoms with Crippen LogP contribution in [-0.2, 0) is 0 Å². The van der Waals surface area contributed by atoms with E-state index in [1.807, 2.05) is 30.5 Å². The van der Waals surface area contributed by atoms with Crippen LogP contribution in [0.5, 0.6) is 5.75 Å². The number of ether oxygens (including phenoxy) is 1. The van der Waals surface area contributed by atoms with Crippen LogP contribution in [0.1, 0.15) is 20.3 Å². The molecule has 0 saturated carbocycles. The van der Waals surface area contributed by atoms with Crippen LogP contribution in [0.4, 0.5) is 5.82 Å². The van der Waals surface area contributed by atoms with E-state index in [9.17, 15) is 0 Å². The van der Waals surface area contributed by atoms with Crippen molar-refractivity contribution in [1.29, 1.82) is 0 Å². The molecule has 4 nitrogen and oxygen atoms in total. The lowest BCUT2D eigenvalue weighted by Gasteiger charge is -2.23. The molecule has 1 unspecified atom stereocenters. The molecule has 0 aliphatic heterocycles. The highest BCUT2D eigenvalue weighted by Gasteiger charge is 2.14.